The molecule has 11 rings (SSSR count). The minimum atomic E-state index is -0.182. The lowest BCUT2D eigenvalue weighted by Crippen LogP contribution is -2.17. The highest BCUT2D eigenvalue weighted by Gasteiger charge is 2.37. The lowest BCUT2D eigenvalue weighted by molar-refractivity contribution is 0.666. The van der Waals surface area contributed by atoms with Crippen molar-refractivity contribution in [1.82, 2.24) is 4.57 Å². The Morgan fingerprint density at radius 1 is 0.421 bits per heavy atom. The van der Waals surface area contributed by atoms with Gasteiger partial charge in [-0.15, -0.1) is 0 Å². The van der Waals surface area contributed by atoms with Crippen LogP contribution >= 0.6 is 0 Å². The summed E-state index contributed by atoms with van der Waals surface area (Å²) in [6.07, 6.45) is 0. The van der Waals surface area contributed by atoms with Gasteiger partial charge in [0.05, 0.1) is 16.7 Å². The molecular weight excluding hydrogens is 689 g/mol. The van der Waals surface area contributed by atoms with Crippen LogP contribution in [0.4, 0.5) is 17.1 Å². The van der Waals surface area contributed by atoms with E-state index in [9.17, 15) is 0 Å². The van der Waals surface area contributed by atoms with Crippen LogP contribution in [0.2, 0.25) is 0 Å². The van der Waals surface area contributed by atoms with Gasteiger partial charge in [-0.05, 0) is 110 Å². The minimum Gasteiger partial charge on any atom is -0.310 e. The molecule has 2 heteroatoms. The Hall–Kier alpha value is -7.16. The highest BCUT2D eigenvalue weighted by molar-refractivity contribution is 6.16. The second-order valence-corrected chi connectivity index (χ2v) is 15.7. The molecule has 0 atom stereocenters. The third-order valence-electron chi connectivity index (χ3n) is 12.2. The monoisotopic (exact) mass is 728 g/mol. The second-order valence-electron chi connectivity index (χ2n) is 15.7. The number of para-hydroxylation sites is 1. The molecule has 1 aliphatic rings. The average Bonchev–Trinajstić information content (AvgIpc) is 3.73. The predicted octanol–water partition coefficient (Wildman–Crippen LogP) is 15.0. The summed E-state index contributed by atoms with van der Waals surface area (Å²) in [7, 11) is 0. The summed E-state index contributed by atoms with van der Waals surface area (Å²) in [4.78, 5) is 2.48. The van der Waals surface area contributed by atoms with Crippen LogP contribution in [0.1, 0.15) is 25.0 Å². The third kappa shape index (κ3) is 5.25. The number of anilines is 3. The zero-order valence-electron chi connectivity index (χ0n) is 32.0. The van der Waals surface area contributed by atoms with E-state index in [-0.39, 0.29) is 5.41 Å². The van der Waals surface area contributed by atoms with Crippen molar-refractivity contribution in [3.05, 3.63) is 217 Å². The van der Waals surface area contributed by atoms with E-state index in [1.165, 1.54) is 77.1 Å². The first-order valence-electron chi connectivity index (χ1n) is 19.9. The normalized spacial score (nSPS) is 12.9. The molecule has 1 aromatic heterocycles. The van der Waals surface area contributed by atoms with Gasteiger partial charge in [0.1, 0.15) is 0 Å². The molecule has 0 amide bonds. The van der Waals surface area contributed by atoms with Crippen LogP contribution in [-0.2, 0) is 5.41 Å². The van der Waals surface area contributed by atoms with Gasteiger partial charge < -0.3 is 9.47 Å². The number of nitrogens with zero attached hydrogens (tertiary/aromatic N) is 2. The lowest BCUT2D eigenvalue weighted by Gasteiger charge is -2.29. The highest BCUT2D eigenvalue weighted by Crippen LogP contribution is 2.53. The summed E-state index contributed by atoms with van der Waals surface area (Å²) in [5.41, 5.74) is 17.0. The van der Waals surface area contributed by atoms with Gasteiger partial charge in [-0.1, -0.05) is 166 Å². The summed E-state index contributed by atoms with van der Waals surface area (Å²) in [5.74, 6) is 0. The average molecular weight is 729 g/mol. The van der Waals surface area contributed by atoms with Gasteiger partial charge in [-0.3, -0.25) is 0 Å². The number of hydrogen-bond donors (Lipinski definition) is 0. The van der Waals surface area contributed by atoms with Crippen molar-refractivity contribution in [2.45, 2.75) is 19.3 Å². The number of fused-ring (bicyclic) bond motifs is 8. The summed E-state index contributed by atoms with van der Waals surface area (Å²) in [6, 6.07) is 75.5. The maximum Gasteiger partial charge on any atom is 0.0562 e. The fourth-order valence-corrected chi connectivity index (χ4v) is 9.49. The summed E-state index contributed by atoms with van der Waals surface area (Å²) in [6.45, 7) is 4.79. The molecule has 9 aromatic carbocycles. The molecule has 1 heterocycles. The molecule has 0 saturated heterocycles. The van der Waals surface area contributed by atoms with Crippen LogP contribution in [0.5, 0.6) is 0 Å². The first-order valence-corrected chi connectivity index (χ1v) is 19.9. The summed E-state index contributed by atoms with van der Waals surface area (Å²) < 4.78 is 2.42. The van der Waals surface area contributed by atoms with Gasteiger partial charge in [-0.25, -0.2) is 0 Å². The zero-order chi connectivity index (χ0) is 38.1. The molecule has 0 aliphatic heterocycles. The maximum atomic E-state index is 2.48. The van der Waals surface area contributed by atoms with Crippen molar-refractivity contribution in [2.75, 3.05) is 4.90 Å². The van der Waals surface area contributed by atoms with Crippen LogP contribution < -0.4 is 4.90 Å². The van der Waals surface area contributed by atoms with Gasteiger partial charge in [0.2, 0.25) is 0 Å². The molecule has 0 bridgehead atoms. The minimum absolute atomic E-state index is 0.182. The summed E-state index contributed by atoms with van der Waals surface area (Å²) in [5, 5.41) is 5.07. The predicted molar refractivity (Wildman–Crippen MR) is 241 cm³/mol. The molecular formula is C55H40N2. The van der Waals surface area contributed by atoms with E-state index < -0.39 is 0 Å². The molecule has 270 valence electrons. The molecule has 0 fully saturated rings. The Kier molecular flexibility index (Phi) is 7.55. The van der Waals surface area contributed by atoms with Crippen LogP contribution in [-0.4, -0.2) is 4.57 Å². The fraction of sp³-hybridized carbons (Fsp3) is 0.0545. The molecule has 0 unspecified atom stereocenters. The second kappa shape index (κ2) is 13.0. The number of hydrogen-bond acceptors (Lipinski definition) is 1. The topological polar surface area (TPSA) is 8.17 Å². The maximum absolute atomic E-state index is 2.48. The Bertz CT molecular complexity index is 3120. The smallest absolute Gasteiger partial charge is 0.0562 e. The highest BCUT2D eigenvalue weighted by atomic mass is 15.1. The van der Waals surface area contributed by atoms with Gasteiger partial charge in [0.15, 0.2) is 0 Å². The van der Waals surface area contributed by atoms with E-state index in [2.05, 4.69) is 230 Å². The molecule has 10 aromatic rings. The fourth-order valence-electron chi connectivity index (χ4n) is 9.49. The Labute approximate surface area is 333 Å². The largest absolute Gasteiger partial charge is 0.310 e. The number of aromatic nitrogens is 1. The van der Waals surface area contributed by atoms with Crippen molar-refractivity contribution < 1.29 is 0 Å². The Morgan fingerprint density at radius 3 is 1.70 bits per heavy atom. The first kappa shape index (κ1) is 33.2. The lowest BCUT2D eigenvalue weighted by atomic mass is 9.80. The third-order valence-corrected chi connectivity index (χ3v) is 12.2. The van der Waals surface area contributed by atoms with E-state index in [1.54, 1.807) is 0 Å². The molecule has 57 heavy (non-hydrogen) atoms. The van der Waals surface area contributed by atoms with Gasteiger partial charge in [0.25, 0.3) is 0 Å². The van der Waals surface area contributed by atoms with Crippen LogP contribution in [0.25, 0.3) is 71.6 Å². The molecule has 0 radical (unpaired) electrons. The van der Waals surface area contributed by atoms with Crippen molar-refractivity contribution >= 4 is 49.6 Å². The van der Waals surface area contributed by atoms with E-state index >= 15 is 0 Å². The van der Waals surface area contributed by atoms with Crippen LogP contribution in [0.15, 0.2) is 206 Å². The van der Waals surface area contributed by atoms with Gasteiger partial charge in [0, 0.05) is 33.2 Å². The SMILES string of the molecule is CC1(C)c2cc(N(c3ccc(-c4ccccc4)cc3)c3cccc4c3c3ccccc3n4-c3ccc(-c4ccccc4)cc3)ccc2-c2ccc3ccccc3c21. The summed E-state index contributed by atoms with van der Waals surface area (Å²) >= 11 is 0. The van der Waals surface area contributed by atoms with E-state index in [0.29, 0.717) is 0 Å². The molecule has 2 nitrogen and oxygen atoms in total. The molecule has 0 spiro atoms. The van der Waals surface area contributed by atoms with Crippen LogP contribution in [0, 0.1) is 0 Å². The number of benzene rings is 9. The van der Waals surface area contributed by atoms with E-state index in [0.717, 1.165) is 22.7 Å². The Morgan fingerprint density at radius 2 is 0.982 bits per heavy atom. The molecule has 0 N–H and O–H groups in total. The molecule has 1 aliphatic carbocycles. The van der Waals surface area contributed by atoms with Gasteiger partial charge in [-0.2, -0.15) is 0 Å². The van der Waals surface area contributed by atoms with Gasteiger partial charge >= 0.3 is 0 Å². The Balaban J connectivity index is 1.12. The van der Waals surface area contributed by atoms with Crippen LogP contribution in [0.3, 0.4) is 0 Å². The quantitative estimate of drug-likeness (QED) is 0.165. The van der Waals surface area contributed by atoms with Crippen molar-refractivity contribution in [3.8, 4) is 39.1 Å². The van der Waals surface area contributed by atoms with E-state index in [1.807, 2.05) is 0 Å². The zero-order valence-corrected chi connectivity index (χ0v) is 32.0. The molecule has 0 saturated carbocycles. The van der Waals surface area contributed by atoms with Crippen molar-refractivity contribution in [3.63, 3.8) is 0 Å². The number of rotatable bonds is 6. The van der Waals surface area contributed by atoms with Crippen molar-refractivity contribution in [2.24, 2.45) is 0 Å². The first-order chi connectivity index (χ1) is 28.0. The standard InChI is InChI=1S/C55H40N2/c1-55(2)49-36-44(33-35-46(49)47-34-28-41-18-9-10-19-45(41)54(47)55)56(42-29-24-39(25-30-42)37-14-5-3-6-15-37)51-22-13-23-52-53(51)48-20-11-12-21-50(48)57(52)43-31-26-40(27-32-43)38-16-7-4-8-17-38/h3-36H,1-2H3. The van der Waals surface area contributed by atoms with Crippen molar-refractivity contribution in [1.29, 1.82) is 0 Å². The van der Waals surface area contributed by atoms with E-state index in [4.69, 9.17) is 0 Å².